The number of pyridine rings is 4. The lowest BCUT2D eigenvalue weighted by atomic mass is 9.96. The molecule has 0 fully saturated rings. The number of furan rings is 1. The topological polar surface area (TPSA) is 74.6 Å². The quantitative estimate of drug-likeness (QED) is 0.184. The highest BCUT2D eigenvalue weighted by Gasteiger charge is 2.19. The van der Waals surface area contributed by atoms with Gasteiger partial charge in [0.15, 0.2) is 5.58 Å². The molecule has 7 heterocycles. The van der Waals surface area contributed by atoms with Crippen LogP contribution in [0.1, 0.15) is 13.8 Å². The first kappa shape index (κ1) is 30.7. The Morgan fingerprint density at radius 1 is 0.415 bits per heavy atom. The van der Waals surface area contributed by atoms with Gasteiger partial charge in [0.25, 0.3) is 0 Å². The minimum atomic E-state index is 0.781. The van der Waals surface area contributed by atoms with E-state index in [2.05, 4.69) is 110 Å². The van der Waals surface area contributed by atoms with Crippen molar-refractivity contribution in [1.82, 2.24) is 29.1 Å². The molecule has 0 aliphatic heterocycles. The fourth-order valence-electron chi connectivity index (χ4n) is 7.73. The lowest BCUT2D eigenvalue weighted by Gasteiger charge is -2.11. The Morgan fingerprint density at radius 3 is 1.72 bits per heavy atom. The number of fused-ring (bicyclic) bond motifs is 9. The Kier molecular flexibility index (Phi) is 7.11. The van der Waals surface area contributed by atoms with Gasteiger partial charge in [0, 0.05) is 57.9 Å². The summed E-state index contributed by atoms with van der Waals surface area (Å²) in [5.74, 6) is 0. The van der Waals surface area contributed by atoms with E-state index in [1.54, 1.807) is 0 Å². The van der Waals surface area contributed by atoms with Crippen LogP contribution in [0.15, 0.2) is 163 Å². The summed E-state index contributed by atoms with van der Waals surface area (Å²) in [6.45, 7) is 4.00. The van der Waals surface area contributed by atoms with Crippen LogP contribution >= 0.6 is 0 Å². The largest absolute Gasteiger partial charge is 0.454 e. The Morgan fingerprint density at radius 2 is 1.00 bits per heavy atom. The molecular formula is C46H32N6O. The van der Waals surface area contributed by atoms with Gasteiger partial charge < -0.3 is 13.6 Å². The zero-order valence-electron chi connectivity index (χ0n) is 29.1. The van der Waals surface area contributed by atoms with Crippen molar-refractivity contribution in [2.75, 3.05) is 0 Å². The van der Waals surface area contributed by atoms with Gasteiger partial charge in [-0.2, -0.15) is 0 Å². The zero-order valence-corrected chi connectivity index (χ0v) is 29.1. The Labute approximate surface area is 304 Å². The van der Waals surface area contributed by atoms with Crippen LogP contribution in [0.4, 0.5) is 0 Å². The molecule has 252 valence electrons. The van der Waals surface area contributed by atoms with Crippen molar-refractivity contribution >= 4 is 65.9 Å². The van der Waals surface area contributed by atoms with Gasteiger partial charge in [-0.3, -0.25) is 19.9 Å². The van der Waals surface area contributed by atoms with E-state index in [1.807, 2.05) is 81.1 Å². The number of hydrogen-bond acceptors (Lipinski definition) is 5. The molecule has 0 amide bonds. The first-order valence-corrected chi connectivity index (χ1v) is 17.9. The van der Waals surface area contributed by atoms with E-state index in [9.17, 15) is 0 Å². The van der Waals surface area contributed by atoms with Gasteiger partial charge in [-0.1, -0.05) is 50.2 Å². The minimum Gasteiger partial charge on any atom is -0.454 e. The Hall–Kier alpha value is -7.12. The number of nitrogens with zero attached hydrogens (tertiary/aromatic N) is 6. The third kappa shape index (κ3) is 4.74. The third-order valence-electron chi connectivity index (χ3n) is 9.93. The molecule has 0 N–H and O–H groups in total. The highest BCUT2D eigenvalue weighted by molar-refractivity contribution is 6.11. The molecule has 0 aliphatic carbocycles. The van der Waals surface area contributed by atoms with Gasteiger partial charge in [0.2, 0.25) is 0 Å². The maximum absolute atomic E-state index is 6.09. The average Bonchev–Trinajstić information content (AvgIpc) is 3.89. The molecule has 0 atom stereocenters. The third-order valence-corrected chi connectivity index (χ3v) is 9.93. The van der Waals surface area contributed by atoms with E-state index in [0.717, 1.165) is 99.7 Å². The second-order valence-corrected chi connectivity index (χ2v) is 12.7. The summed E-state index contributed by atoms with van der Waals surface area (Å²) in [6.07, 6.45) is 7.39. The lowest BCUT2D eigenvalue weighted by molar-refractivity contribution is 0.668. The maximum atomic E-state index is 6.09. The molecule has 0 bridgehead atoms. The Bertz CT molecular complexity index is 3150. The van der Waals surface area contributed by atoms with E-state index >= 15 is 0 Å². The van der Waals surface area contributed by atoms with Crippen LogP contribution in [0.3, 0.4) is 0 Å². The van der Waals surface area contributed by atoms with Crippen molar-refractivity contribution < 1.29 is 4.42 Å². The summed E-state index contributed by atoms with van der Waals surface area (Å²) in [4.78, 5) is 19.1. The molecular weight excluding hydrogens is 653 g/mol. The average molecular weight is 685 g/mol. The van der Waals surface area contributed by atoms with Gasteiger partial charge in [0.1, 0.15) is 11.1 Å². The predicted octanol–water partition coefficient (Wildman–Crippen LogP) is 11.7. The normalized spacial score (nSPS) is 11.6. The van der Waals surface area contributed by atoms with Crippen molar-refractivity contribution in [1.29, 1.82) is 0 Å². The monoisotopic (exact) mass is 684 g/mol. The van der Waals surface area contributed by atoms with Crippen LogP contribution in [-0.2, 0) is 0 Å². The summed E-state index contributed by atoms with van der Waals surface area (Å²) in [7, 11) is 0. The second kappa shape index (κ2) is 12.3. The highest BCUT2D eigenvalue weighted by Crippen LogP contribution is 2.39. The predicted molar refractivity (Wildman–Crippen MR) is 216 cm³/mol. The first-order valence-electron chi connectivity index (χ1n) is 17.9. The van der Waals surface area contributed by atoms with Crippen LogP contribution in [0, 0.1) is 0 Å². The van der Waals surface area contributed by atoms with Crippen LogP contribution in [0.2, 0.25) is 0 Å². The molecule has 7 heteroatoms. The van der Waals surface area contributed by atoms with Crippen molar-refractivity contribution in [3.05, 3.63) is 158 Å². The summed E-state index contributed by atoms with van der Waals surface area (Å²) in [6, 6.07) is 46.2. The lowest BCUT2D eigenvalue weighted by Crippen LogP contribution is -1.96. The molecule has 11 aromatic rings. The van der Waals surface area contributed by atoms with Crippen molar-refractivity contribution in [3.63, 3.8) is 0 Å². The summed E-state index contributed by atoms with van der Waals surface area (Å²) < 4.78 is 10.7. The minimum absolute atomic E-state index is 0.781. The van der Waals surface area contributed by atoms with Crippen LogP contribution in [0.25, 0.3) is 99.7 Å². The molecule has 0 aliphatic rings. The molecule has 0 spiro atoms. The number of aromatic nitrogens is 6. The van der Waals surface area contributed by atoms with Crippen molar-refractivity contribution in [3.8, 4) is 33.8 Å². The fourth-order valence-corrected chi connectivity index (χ4v) is 7.73. The number of rotatable bonds is 4. The summed E-state index contributed by atoms with van der Waals surface area (Å²) >= 11 is 0. The van der Waals surface area contributed by atoms with Gasteiger partial charge in [-0.15, -0.1) is 0 Å². The Balaban J connectivity index is 0.00000172. The molecule has 0 radical (unpaired) electrons. The smallest absolute Gasteiger partial charge is 0.153 e. The molecule has 4 aromatic carbocycles. The van der Waals surface area contributed by atoms with E-state index < -0.39 is 0 Å². The summed E-state index contributed by atoms with van der Waals surface area (Å²) in [5, 5.41) is 3.14. The molecule has 0 saturated heterocycles. The van der Waals surface area contributed by atoms with E-state index in [0.29, 0.717) is 0 Å². The number of benzene rings is 4. The molecule has 7 nitrogen and oxygen atoms in total. The standard InChI is InChI=1S/C44H26N6O.C2H6/c1-2-9-31(35-10-3-4-20-45-35)30(8-1)27-14-17-36-32(24-27)42-38(11-5-21-46-42)49(36)28-15-18-37-33(25-28)43-39(12-6-22-47-43)50(37)29-16-19-40-34(26-29)44-41(51-40)13-7-23-48-44;1-2/h1-26H;1-2H3. The molecule has 0 saturated carbocycles. The number of hydrogen-bond donors (Lipinski definition) is 0. The van der Waals surface area contributed by atoms with Gasteiger partial charge in [-0.05, 0) is 108 Å². The summed E-state index contributed by atoms with van der Waals surface area (Å²) in [5.41, 5.74) is 15.0. The van der Waals surface area contributed by atoms with Gasteiger partial charge >= 0.3 is 0 Å². The fraction of sp³-hybridized carbons (Fsp3) is 0.0435. The van der Waals surface area contributed by atoms with Crippen molar-refractivity contribution in [2.45, 2.75) is 13.8 Å². The molecule has 53 heavy (non-hydrogen) atoms. The maximum Gasteiger partial charge on any atom is 0.153 e. The van der Waals surface area contributed by atoms with E-state index in [-0.39, 0.29) is 0 Å². The zero-order chi connectivity index (χ0) is 35.5. The van der Waals surface area contributed by atoms with E-state index in [1.165, 1.54) is 0 Å². The van der Waals surface area contributed by atoms with Gasteiger partial charge in [0.05, 0.1) is 38.8 Å². The first-order chi connectivity index (χ1) is 26.3. The second-order valence-electron chi connectivity index (χ2n) is 12.7. The molecule has 0 unspecified atom stereocenters. The highest BCUT2D eigenvalue weighted by atomic mass is 16.3. The molecule has 11 rings (SSSR count). The molecule has 7 aromatic heterocycles. The SMILES string of the molecule is CC.c1ccc(-c2ccccc2-c2ccc3c(c2)c2ncccc2n3-c2ccc3c(c2)c2ncccc2n3-c2ccc3oc4cccnc4c3c2)nc1. The van der Waals surface area contributed by atoms with Crippen LogP contribution < -0.4 is 0 Å². The van der Waals surface area contributed by atoms with Crippen LogP contribution in [0.5, 0.6) is 0 Å². The van der Waals surface area contributed by atoms with Crippen LogP contribution in [-0.4, -0.2) is 29.1 Å². The van der Waals surface area contributed by atoms with E-state index in [4.69, 9.17) is 14.4 Å². The van der Waals surface area contributed by atoms with Crippen molar-refractivity contribution in [2.24, 2.45) is 0 Å². The van der Waals surface area contributed by atoms with Gasteiger partial charge in [-0.25, -0.2) is 0 Å².